The lowest BCUT2D eigenvalue weighted by molar-refractivity contribution is 0.178. The summed E-state index contributed by atoms with van der Waals surface area (Å²) in [5.41, 5.74) is 2.01. The second kappa shape index (κ2) is 9.84. The van der Waals surface area contributed by atoms with Crippen LogP contribution in [0.25, 0.3) is 10.6 Å². The number of piperidine rings is 1. The Hall–Kier alpha value is -3.04. The molecule has 31 heavy (non-hydrogen) atoms. The fourth-order valence-corrected chi connectivity index (χ4v) is 4.63. The van der Waals surface area contributed by atoms with E-state index in [1.54, 1.807) is 22.4 Å². The number of hydrogen-bond acceptors (Lipinski definition) is 7. The van der Waals surface area contributed by atoms with Crippen molar-refractivity contribution in [2.45, 2.75) is 25.7 Å². The average Bonchev–Trinajstić information content (AvgIpc) is 3.28. The number of likely N-dealkylation sites (tertiary alicyclic amines) is 1. The highest BCUT2D eigenvalue weighted by atomic mass is 32.1. The Kier molecular flexibility index (Phi) is 6.73. The van der Waals surface area contributed by atoms with E-state index in [1.807, 2.05) is 43.5 Å². The third-order valence-corrected chi connectivity index (χ3v) is 6.40. The molecule has 0 unspecified atom stereocenters. The van der Waals surface area contributed by atoms with Gasteiger partial charge in [0.25, 0.3) is 0 Å². The lowest BCUT2D eigenvalue weighted by Crippen LogP contribution is -2.44. The van der Waals surface area contributed by atoms with Crippen molar-refractivity contribution in [3.63, 3.8) is 0 Å². The molecule has 0 aliphatic carbocycles. The highest BCUT2D eigenvalue weighted by Crippen LogP contribution is 2.34. The summed E-state index contributed by atoms with van der Waals surface area (Å²) in [7, 11) is 0. The molecule has 162 valence electrons. The molecule has 4 rings (SSSR count). The number of thiazole rings is 1. The quantitative estimate of drug-likeness (QED) is 0.544. The number of aliphatic hydroxyl groups excluding tert-OH is 1. The van der Waals surface area contributed by atoms with Crippen LogP contribution in [0.15, 0.2) is 42.7 Å². The number of carbonyl (C=O) groups excluding carboxylic acids is 1. The highest BCUT2D eigenvalue weighted by molar-refractivity contribution is 7.15. The number of aryl methyl sites for hydroxylation is 1. The van der Waals surface area contributed by atoms with Crippen molar-refractivity contribution in [1.29, 1.82) is 0 Å². The summed E-state index contributed by atoms with van der Waals surface area (Å²) in [5.74, 6) is 1.86. The van der Waals surface area contributed by atoms with Gasteiger partial charge in [0.05, 0.1) is 22.2 Å². The van der Waals surface area contributed by atoms with Gasteiger partial charge < -0.3 is 20.6 Å². The molecular weight excluding hydrogens is 412 g/mol. The van der Waals surface area contributed by atoms with Crippen LogP contribution < -0.4 is 10.6 Å². The number of amides is 2. The number of hydrogen-bond donors (Lipinski definition) is 3. The van der Waals surface area contributed by atoms with E-state index >= 15 is 0 Å². The van der Waals surface area contributed by atoms with Crippen molar-refractivity contribution in [2.24, 2.45) is 0 Å². The number of rotatable bonds is 6. The number of nitrogens with one attached hydrogen (secondary N) is 2. The number of pyridine rings is 2. The summed E-state index contributed by atoms with van der Waals surface area (Å²) in [6, 6.07) is 9.72. The van der Waals surface area contributed by atoms with Crippen LogP contribution in [0.2, 0.25) is 0 Å². The van der Waals surface area contributed by atoms with Crippen LogP contribution in [-0.4, -0.2) is 57.2 Å². The van der Waals surface area contributed by atoms with Crippen LogP contribution in [0, 0.1) is 6.92 Å². The zero-order valence-electron chi connectivity index (χ0n) is 17.4. The van der Waals surface area contributed by atoms with E-state index in [4.69, 9.17) is 10.1 Å². The van der Waals surface area contributed by atoms with Gasteiger partial charge in [-0.15, -0.1) is 11.3 Å². The van der Waals surface area contributed by atoms with Gasteiger partial charge in [0.2, 0.25) is 0 Å². The molecule has 1 aliphatic heterocycles. The minimum Gasteiger partial charge on any atom is -0.395 e. The molecule has 3 aromatic heterocycles. The molecule has 0 aromatic carbocycles. The van der Waals surface area contributed by atoms with Crippen molar-refractivity contribution >= 4 is 29.0 Å². The molecular formula is C22H26N6O2S. The Bertz CT molecular complexity index is 1030. The van der Waals surface area contributed by atoms with Gasteiger partial charge in [0, 0.05) is 37.9 Å². The topological polar surface area (TPSA) is 103 Å². The molecule has 4 heterocycles. The van der Waals surface area contributed by atoms with Crippen molar-refractivity contribution in [2.75, 3.05) is 31.6 Å². The standard InChI is InChI=1S/C22H26N6O2S/c1-15-5-8-23-20(13-15)27-19-4-2-3-17(26-19)18-14-25-21(31-18)16-6-10-28(11-7-16)22(30)24-9-12-29/h2-5,8,13-14,16,29H,6-7,9-12H2,1H3,(H,24,30)(H,23,26,27). The summed E-state index contributed by atoms with van der Waals surface area (Å²) in [6.45, 7) is 3.66. The van der Waals surface area contributed by atoms with Gasteiger partial charge in [-0.25, -0.2) is 19.7 Å². The van der Waals surface area contributed by atoms with Gasteiger partial charge in [-0.2, -0.15) is 0 Å². The molecule has 0 saturated carbocycles. The van der Waals surface area contributed by atoms with Crippen LogP contribution in [0.3, 0.4) is 0 Å². The van der Waals surface area contributed by atoms with Crippen molar-refractivity contribution < 1.29 is 9.90 Å². The lowest BCUT2D eigenvalue weighted by Gasteiger charge is -2.31. The van der Waals surface area contributed by atoms with Crippen LogP contribution in [0.1, 0.15) is 29.3 Å². The summed E-state index contributed by atoms with van der Waals surface area (Å²) in [5, 5.41) is 15.9. The number of urea groups is 1. The maximum Gasteiger partial charge on any atom is 0.317 e. The minimum absolute atomic E-state index is 0.0453. The van der Waals surface area contributed by atoms with E-state index < -0.39 is 0 Å². The van der Waals surface area contributed by atoms with Crippen molar-refractivity contribution in [3.8, 4) is 10.6 Å². The lowest BCUT2D eigenvalue weighted by atomic mass is 9.98. The Morgan fingerprint density at radius 2 is 2.06 bits per heavy atom. The average molecular weight is 439 g/mol. The Labute approximate surface area is 185 Å². The summed E-state index contributed by atoms with van der Waals surface area (Å²) < 4.78 is 0. The summed E-state index contributed by atoms with van der Waals surface area (Å²) >= 11 is 1.66. The van der Waals surface area contributed by atoms with Crippen LogP contribution in [0.4, 0.5) is 16.4 Å². The molecule has 0 atom stereocenters. The second-order valence-corrected chi connectivity index (χ2v) is 8.59. The molecule has 0 spiro atoms. The third-order valence-electron chi connectivity index (χ3n) is 5.22. The number of nitrogens with zero attached hydrogens (tertiary/aromatic N) is 4. The minimum atomic E-state index is -0.107. The van der Waals surface area contributed by atoms with Crippen LogP contribution >= 0.6 is 11.3 Å². The molecule has 3 aromatic rings. The highest BCUT2D eigenvalue weighted by Gasteiger charge is 2.25. The number of aromatic nitrogens is 3. The fraction of sp³-hybridized carbons (Fsp3) is 0.364. The third kappa shape index (κ3) is 5.36. The summed E-state index contributed by atoms with van der Waals surface area (Å²) in [6.07, 6.45) is 5.43. The molecule has 8 nitrogen and oxygen atoms in total. The van der Waals surface area contributed by atoms with E-state index in [2.05, 4.69) is 20.6 Å². The van der Waals surface area contributed by atoms with Gasteiger partial charge in [0.1, 0.15) is 11.6 Å². The zero-order chi connectivity index (χ0) is 21.6. The first-order chi connectivity index (χ1) is 15.1. The Balaban J connectivity index is 1.40. The van der Waals surface area contributed by atoms with Crippen LogP contribution in [-0.2, 0) is 0 Å². The predicted octanol–water partition coefficient (Wildman–Crippen LogP) is 3.53. The Morgan fingerprint density at radius 1 is 1.23 bits per heavy atom. The Morgan fingerprint density at radius 3 is 2.84 bits per heavy atom. The zero-order valence-corrected chi connectivity index (χ0v) is 18.2. The maximum atomic E-state index is 12.0. The van der Waals surface area contributed by atoms with Gasteiger partial charge in [-0.3, -0.25) is 0 Å². The smallest absolute Gasteiger partial charge is 0.317 e. The van der Waals surface area contributed by atoms with Gasteiger partial charge >= 0.3 is 6.03 Å². The van der Waals surface area contributed by atoms with Gasteiger partial charge in [-0.05, 0) is 49.6 Å². The largest absolute Gasteiger partial charge is 0.395 e. The molecule has 9 heteroatoms. The first kappa shape index (κ1) is 21.2. The fourth-order valence-electron chi connectivity index (χ4n) is 3.58. The van der Waals surface area contributed by atoms with E-state index in [9.17, 15) is 4.79 Å². The van der Waals surface area contributed by atoms with E-state index in [0.717, 1.165) is 45.6 Å². The first-order valence-electron chi connectivity index (χ1n) is 10.4. The van der Waals surface area contributed by atoms with Crippen molar-refractivity contribution in [1.82, 2.24) is 25.2 Å². The molecule has 3 N–H and O–H groups in total. The number of carbonyl (C=O) groups is 1. The molecule has 1 aliphatic rings. The first-order valence-corrected chi connectivity index (χ1v) is 11.2. The molecule has 0 bridgehead atoms. The number of aliphatic hydroxyl groups is 1. The monoisotopic (exact) mass is 438 g/mol. The second-order valence-electron chi connectivity index (χ2n) is 7.53. The molecule has 0 radical (unpaired) electrons. The van der Waals surface area contributed by atoms with Crippen LogP contribution in [0.5, 0.6) is 0 Å². The summed E-state index contributed by atoms with van der Waals surface area (Å²) in [4.78, 5) is 28.6. The maximum absolute atomic E-state index is 12.0. The molecule has 2 amide bonds. The van der Waals surface area contributed by atoms with Crippen molar-refractivity contribution in [3.05, 3.63) is 53.3 Å². The number of anilines is 2. The molecule has 1 saturated heterocycles. The predicted molar refractivity (Wildman–Crippen MR) is 122 cm³/mol. The van der Waals surface area contributed by atoms with E-state index in [0.29, 0.717) is 19.0 Å². The van der Waals surface area contributed by atoms with Gasteiger partial charge in [-0.1, -0.05) is 6.07 Å². The SMILES string of the molecule is Cc1ccnc(Nc2cccc(-c3cnc(C4CCN(C(=O)NCCO)CC4)s3)n2)c1. The molecule has 1 fully saturated rings. The normalized spacial score (nSPS) is 14.5. The van der Waals surface area contributed by atoms with E-state index in [-0.39, 0.29) is 19.2 Å². The van der Waals surface area contributed by atoms with Gasteiger partial charge in [0.15, 0.2) is 0 Å². The van der Waals surface area contributed by atoms with E-state index in [1.165, 1.54) is 0 Å².